The lowest BCUT2D eigenvalue weighted by Crippen LogP contribution is -2.29. The van der Waals surface area contributed by atoms with Crippen molar-refractivity contribution in [1.29, 1.82) is 0 Å². The zero-order valence-electron chi connectivity index (χ0n) is 14.0. The van der Waals surface area contributed by atoms with Gasteiger partial charge in [0.25, 0.3) is 11.2 Å². The number of carbonyl (C=O) groups excluding carboxylic acids is 1. The molecule has 1 aromatic heterocycles. The number of aromatic nitrogens is 1. The number of ether oxygens (including phenoxy) is 1. The fraction of sp³-hybridized carbons (Fsp3) is 0.444. The van der Waals surface area contributed by atoms with Gasteiger partial charge in [0.2, 0.25) is 0 Å². The van der Waals surface area contributed by atoms with Gasteiger partial charge < -0.3 is 4.74 Å². The van der Waals surface area contributed by atoms with Gasteiger partial charge in [-0.2, -0.15) is 0 Å². The SMILES string of the molecule is CC1CCC(OC(=O)Cn2c(=O)ccc3cc([N+](=O)[O-])ccc32)CC1. The number of nitrogens with zero attached hydrogens (tertiary/aromatic N) is 2. The van der Waals surface area contributed by atoms with Crippen molar-refractivity contribution in [3.05, 3.63) is 50.8 Å². The van der Waals surface area contributed by atoms with E-state index in [0.717, 1.165) is 25.7 Å². The molecular formula is C18H20N2O5. The highest BCUT2D eigenvalue weighted by Gasteiger charge is 2.22. The second-order valence-electron chi connectivity index (χ2n) is 6.63. The number of hydrogen-bond acceptors (Lipinski definition) is 5. The van der Waals surface area contributed by atoms with E-state index in [0.29, 0.717) is 16.8 Å². The second kappa shape index (κ2) is 7.04. The highest BCUT2D eigenvalue weighted by atomic mass is 16.6. The zero-order valence-corrected chi connectivity index (χ0v) is 14.0. The molecule has 0 aliphatic heterocycles. The van der Waals surface area contributed by atoms with Gasteiger partial charge in [-0.05, 0) is 43.7 Å². The molecule has 7 heteroatoms. The predicted molar refractivity (Wildman–Crippen MR) is 92.4 cm³/mol. The van der Waals surface area contributed by atoms with Crippen molar-refractivity contribution in [3.63, 3.8) is 0 Å². The zero-order chi connectivity index (χ0) is 18.0. The first-order chi connectivity index (χ1) is 11.9. The van der Waals surface area contributed by atoms with Gasteiger partial charge in [0.15, 0.2) is 0 Å². The normalized spacial score (nSPS) is 20.4. The van der Waals surface area contributed by atoms with Crippen LogP contribution in [0, 0.1) is 16.0 Å². The van der Waals surface area contributed by atoms with Crippen molar-refractivity contribution in [2.24, 2.45) is 5.92 Å². The molecule has 0 N–H and O–H groups in total. The molecule has 1 heterocycles. The van der Waals surface area contributed by atoms with Crippen LogP contribution in [0.15, 0.2) is 35.1 Å². The molecule has 1 fully saturated rings. The average Bonchev–Trinajstić information content (AvgIpc) is 2.59. The van der Waals surface area contributed by atoms with Crippen molar-refractivity contribution in [1.82, 2.24) is 4.57 Å². The summed E-state index contributed by atoms with van der Waals surface area (Å²) in [6.07, 6.45) is 3.69. The molecule has 1 aliphatic rings. The van der Waals surface area contributed by atoms with Crippen LogP contribution in [0.3, 0.4) is 0 Å². The molecule has 0 bridgehead atoms. The molecule has 1 aromatic carbocycles. The molecule has 0 radical (unpaired) electrons. The van der Waals surface area contributed by atoms with Crippen molar-refractivity contribution >= 4 is 22.6 Å². The molecule has 0 amide bonds. The van der Waals surface area contributed by atoms with Crippen LogP contribution in [-0.2, 0) is 16.1 Å². The molecule has 1 aliphatic carbocycles. The standard InChI is InChI=1S/C18H20N2O5/c1-12-2-6-15(7-3-12)25-18(22)11-19-16-8-5-14(20(23)24)10-13(16)4-9-17(19)21/h4-5,8-10,12,15H,2-3,6-7,11H2,1H3. The van der Waals surface area contributed by atoms with Gasteiger partial charge in [-0.1, -0.05) is 6.92 Å². The number of hydrogen-bond donors (Lipinski definition) is 0. The molecule has 1 saturated carbocycles. The van der Waals surface area contributed by atoms with Gasteiger partial charge in [-0.3, -0.25) is 24.3 Å². The number of non-ortho nitro benzene ring substituents is 1. The van der Waals surface area contributed by atoms with E-state index in [1.54, 1.807) is 0 Å². The molecule has 0 saturated heterocycles. The maximum Gasteiger partial charge on any atom is 0.326 e. The molecular weight excluding hydrogens is 324 g/mol. The largest absolute Gasteiger partial charge is 0.461 e. The average molecular weight is 344 g/mol. The van der Waals surface area contributed by atoms with E-state index in [1.807, 2.05) is 0 Å². The monoisotopic (exact) mass is 344 g/mol. The lowest BCUT2D eigenvalue weighted by molar-refractivity contribution is -0.384. The molecule has 7 nitrogen and oxygen atoms in total. The van der Waals surface area contributed by atoms with Gasteiger partial charge in [0, 0.05) is 23.6 Å². The van der Waals surface area contributed by atoms with Crippen LogP contribution < -0.4 is 5.56 Å². The highest BCUT2D eigenvalue weighted by Crippen LogP contribution is 2.26. The van der Waals surface area contributed by atoms with Crippen LogP contribution in [0.2, 0.25) is 0 Å². The van der Waals surface area contributed by atoms with Crippen LogP contribution >= 0.6 is 0 Å². The molecule has 25 heavy (non-hydrogen) atoms. The summed E-state index contributed by atoms with van der Waals surface area (Å²) in [6, 6.07) is 7.03. The van der Waals surface area contributed by atoms with Crippen molar-refractivity contribution < 1.29 is 14.5 Å². The van der Waals surface area contributed by atoms with E-state index in [1.165, 1.54) is 34.9 Å². The molecule has 0 spiro atoms. The molecule has 0 unspecified atom stereocenters. The third kappa shape index (κ3) is 3.87. The summed E-state index contributed by atoms with van der Waals surface area (Å²) < 4.78 is 6.80. The molecule has 0 atom stereocenters. The van der Waals surface area contributed by atoms with Crippen molar-refractivity contribution in [3.8, 4) is 0 Å². The Morgan fingerprint density at radius 3 is 2.64 bits per heavy atom. The molecule has 2 aromatic rings. The van der Waals surface area contributed by atoms with Crippen LogP contribution in [0.25, 0.3) is 10.9 Å². The maximum atomic E-state index is 12.2. The number of fused-ring (bicyclic) bond motifs is 1. The van der Waals surface area contributed by atoms with E-state index >= 15 is 0 Å². The van der Waals surface area contributed by atoms with Crippen LogP contribution in [0.1, 0.15) is 32.6 Å². The first kappa shape index (κ1) is 17.1. The minimum atomic E-state index is -0.493. The van der Waals surface area contributed by atoms with E-state index in [9.17, 15) is 19.7 Å². The van der Waals surface area contributed by atoms with Gasteiger partial charge in [0.05, 0.1) is 10.4 Å². The van der Waals surface area contributed by atoms with Gasteiger partial charge >= 0.3 is 5.97 Å². The summed E-state index contributed by atoms with van der Waals surface area (Å²) in [5.74, 6) is 0.207. The fourth-order valence-electron chi connectivity index (χ4n) is 3.27. The van der Waals surface area contributed by atoms with Gasteiger partial charge in [-0.15, -0.1) is 0 Å². The Morgan fingerprint density at radius 2 is 1.96 bits per heavy atom. The third-order valence-corrected chi connectivity index (χ3v) is 4.73. The van der Waals surface area contributed by atoms with E-state index in [2.05, 4.69) is 6.92 Å². The number of esters is 1. The van der Waals surface area contributed by atoms with Crippen LogP contribution in [-0.4, -0.2) is 21.6 Å². The number of benzene rings is 1. The Kier molecular flexibility index (Phi) is 4.83. The lowest BCUT2D eigenvalue weighted by atomic mass is 9.89. The Hall–Kier alpha value is -2.70. The predicted octanol–water partition coefficient (Wildman–Crippen LogP) is 3.03. The number of rotatable bonds is 4. The molecule has 132 valence electrons. The summed E-state index contributed by atoms with van der Waals surface area (Å²) in [4.78, 5) is 34.8. The Balaban J connectivity index is 1.80. The molecule has 3 rings (SSSR count). The van der Waals surface area contributed by atoms with Gasteiger partial charge in [0.1, 0.15) is 12.6 Å². The summed E-state index contributed by atoms with van der Waals surface area (Å²) >= 11 is 0. The fourth-order valence-corrected chi connectivity index (χ4v) is 3.27. The topological polar surface area (TPSA) is 91.4 Å². The van der Waals surface area contributed by atoms with Gasteiger partial charge in [-0.25, -0.2) is 0 Å². The Labute approximate surface area is 144 Å². The first-order valence-corrected chi connectivity index (χ1v) is 8.41. The highest BCUT2D eigenvalue weighted by molar-refractivity contribution is 5.83. The minimum Gasteiger partial charge on any atom is -0.461 e. The number of carbonyl (C=O) groups is 1. The minimum absolute atomic E-state index is 0.0587. The second-order valence-corrected chi connectivity index (χ2v) is 6.63. The Bertz CT molecular complexity index is 865. The summed E-state index contributed by atoms with van der Waals surface area (Å²) in [5, 5.41) is 11.4. The number of nitro benzene ring substituents is 1. The number of pyridine rings is 1. The van der Waals surface area contributed by atoms with E-state index < -0.39 is 10.9 Å². The van der Waals surface area contributed by atoms with E-state index in [-0.39, 0.29) is 23.9 Å². The van der Waals surface area contributed by atoms with E-state index in [4.69, 9.17) is 4.74 Å². The summed E-state index contributed by atoms with van der Waals surface area (Å²) in [7, 11) is 0. The summed E-state index contributed by atoms with van der Waals surface area (Å²) in [6.45, 7) is 1.99. The smallest absolute Gasteiger partial charge is 0.326 e. The third-order valence-electron chi connectivity index (χ3n) is 4.73. The quantitative estimate of drug-likeness (QED) is 0.483. The maximum absolute atomic E-state index is 12.2. The van der Waals surface area contributed by atoms with Crippen LogP contribution in [0.5, 0.6) is 0 Å². The lowest BCUT2D eigenvalue weighted by Gasteiger charge is -2.26. The van der Waals surface area contributed by atoms with Crippen molar-refractivity contribution in [2.75, 3.05) is 0 Å². The summed E-state index contributed by atoms with van der Waals surface area (Å²) in [5.41, 5.74) is 0.0829. The first-order valence-electron chi connectivity index (χ1n) is 8.41. The Morgan fingerprint density at radius 1 is 1.24 bits per heavy atom. The van der Waals surface area contributed by atoms with Crippen LogP contribution in [0.4, 0.5) is 5.69 Å². The van der Waals surface area contributed by atoms with Crippen molar-refractivity contribution in [2.45, 2.75) is 45.3 Å². The number of nitro groups is 1.